The minimum atomic E-state index is -0.604. The van der Waals surface area contributed by atoms with Gasteiger partial charge in [-0.3, -0.25) is 19.1 Å². The van der Waals surface area contributed by atoms with Crippen molar-refractivity contribution in [2.75, 3.05) is 12.3 Å². The van der Waals surface area contributed by atoms with Crippen LogP contribution in [0.1, 0.15) is 20.3 Å². The normalized spacial score (nSPS) is 19.8. The predicted octanol–water partition coefficient (Wildman–Crippen LogP) is 0.0891. The zero-order chi connectivity index (χ0) is 17.4. The zero-order valence-electron chi connectivity index (χ0n) is 13.5. The molecular formula is C15H20N6O3. The molecule has 128 valence electrons. The van der Waals surface area contributed by atoms with E-state index >= 15 is 0 Å². The number of rotatable bonds is 5. The first-order valence-electron chi connectivity index (χ1n) is 7.72. The molecule has 0 bridgehead atoms. The fourth-order valence-corrected chi connectivity index (χ4v) is 2.32. The van der Waals surface area contributed by atoms with Gasteiger partial charge in [0.25, 0.3) is 5.56 Å². The van der Waals surface area contributed by atoms with Crippen molar-refractivity contribution < 1.29 is 9.53 Å². The molecule has 2 heterocycles. The van der Waals surface area contributed by atoms with E-state index in [2.05, 4.69) is 15.0 Å². The fourth-order valence-electron chi connectivity index (χ4n) is 2.32. The summed E-state index contributed by atoms with van der Waals surface area (Å²) >= 11 is 0. The number of hydrogen-bond acceptors (Lipinski definition) is 7. The van der Waals surface area contributed by atoms with E-state index in [0.29, 0.717) is 12.3 Å². The van der Waals surface area contributed by atoms with Gasteiger partial charge in [0.1, 0.15) is 12.4 Å². The number of hydrogen-bond donors (Lipinski definition) is 3. The number of fused-ring (bicyclic) bond motifs is 1. The largest absolute Gasteiger partial charge is 0.464 e. The van der Waals surface area contributed by atoms with Gasteiger partial charge in [-0.1, -0.05) is 13.8 Å². The number of carbonyl (C=O) groups excluding carboxylic acids is 1. The van der Waals surface area contributed by atoms with Crippen LogP contribution in [-0.2, 0) is 9.53 Å². The summed E-state index contributed by atoms with van der Waals surface area (Å²) in [5, 5.41) is 0. The summed E-state index contributed by atoms with van der Waals surface area (Å²) in [5.74, 6) is -0.148. The molecule has 1 saturated carbocycles. The van der Waals surface area contributed by atoms with E-state index in [1.807, 2.05) is 20.0 Å². The number of H-pyrrole nitrogens is 1. The van der Waals surface area contributed by atoms with Gasteiger partial charge < -0.3 is 16.2 Å². The molecule has 24 heavy (non-hydrogen) atoms. The van der Waals surface area contributed by atoms with Crippen LogP contribution in [0.2, 0.25) is 0 Å². The lowest BCUT2D eigenvalue weighted by atomic mass is 10.1. The summed E-state index contributed by atoms with van der Waals surface area (Å²) in [6.07, 6.45) is 4.15. The molecule has 2 aromatic rings. The van der Waals surface area contributed by atoms with Crippen LogP contribution in [0.25, 0.3) is 17.4 Å². The number of nitrogens with two attached hydrogens (primary N) is 2. The van der Waals surface area contributed by atoms with Crippen LogP contribution >= 0.6 is 0 Å². The molecule has 0 aliphatic heterocycles. The summed E-state index contributed by atoms with van der Waals surface area (Å²) < 4.78 is 6.89. The molecule has 9 heteroatoms. The first-order valence-corrected chi connectivity index (χ1v) is 7.72. The third-order valence-electron chi connectivity index (χ3n) is 4.02. The quantitative estimate of drug-likeness (QED) is 0.658. The molecule has 3 rings (SSSR count). The van der Waals surface area contributed by atoms with E-state index in [1.54, 1.807) is 4.57 Å². The molecule has 0 aromatic carbocycles. The van der Waals surface area contributed by atoms with Crippen LogP contribution in [0.3, 0.4) is 0 Å². The summed E-state index contributed by atoms with van der Waals surface area (Å²) in [6.45, 7) is 4.05. The molecule has 9 nitrogen and oxygen atoms in total. The Kier molecular flexibility index (Phi) is 4.10. The van der Waals surface area contributed by atoms with Gasteiger partial charge in [-0.2, -0.15) is 4.98 Å². The van der Waals surface area contributed by atoms with E-state index in [9.17, 15) is 9.59 Å². The minimum absolute atomic E-state index is 0.0385. The van der Waals surface area contributed by atoms with Crippen molar-refractivity contribution >= 4 is 29.3 Å². The highest BCUT2D eigenvalue weighted by molar-refractivity contribution is 5.76. The van der Waals surface area contributed by atoms with Crippen LogP contribution in [0, 0.1) is 11.8 Å². The topological polar surface area (TPSA) is 142 Å². The summed E-state index contributed by atoms with van der Waals surface area (Å²) in [6, 6.07) is -0.604. The number of anilines is 1. The lowest BCUT2D eigenvalue weighted by Gasteiger charge is -2.13. The van der Waals surface area contributed by atoms with E-state index in [4.69, 9.17) is 16.2 Å². The fraction of sp³-hybridized carbons (Fsp3) is 0.467. The average molecular weight is 332 g/mol. The van der Waals surface area contributed by atoms with Gasteiger partial charge in [0.05, 0.1) is 6.61 Å². The third kappa shape index (κ3) is 3.16. The first kappa shape index (κ1) is 16.2. The molecule has 0 spiro atoms. The monoisotopic (exact) mass is 332 g/mol. The van der Waals surface area contributed by atoms with Crippen LogP contribution in [-0.4, -0.2) is 38.1 Å². The number of nitrogen functional groups attached to an aromatic ring is 1. The number of nitrogens with one attached hydrogen (secondary N) is 1. The maximum Gasteiger partial charge on any atom is 0.323 e. The predicted molar refractivity (Wildman–Crippen MR) is 88.7 cm³/mol. The van der Waals surface area contributed by atoms with Crippen LogP contribution in [0.4, 0.5) is 5.95 Å². The number of ether oxygens (including phenoxy) is 1. The van der Waals surface area contributed by atoms with Crippen molar-refractivity contribution in [2.45, 2.75) is 26.3 Å². The van der Waals surface area contributed by atoms with Gasteiger partial charge in [-0.05, 0) is 17.9 Å². The maximum atomic E-state index is 11.7. The van der Waals surface area contributed by atoms with E-state index in [0.717, 1.165) is 12.0 Å². The molecular weight excluding hydrogens is 312 g/mol. The van der Waals surface area contributed by atoms with Crippen LogP contribution in [0.15, 0.2) is 16.7 Å². The number of aromatic nitrogens is 4. The Labute approximate surface area is 137 Å². The van der Waals surface area contributed by atoms with E-state index < -0.39 is 6.04 Å². The Morgan fingerprint density at radius 1 is 1.58 bits per heavy atom. The number of aromatic amines is 1. The highest BCUT2D eigenvalue weighted by Crippen LogP contribution is 2.38. The second-order valence-electron chi connectivity index (χ2n) is 6.28. The molecule has 1 fully saturated rings. The molecule has 0 amide bonds. The molecule has 0 radical (unpaired) electrons. The van der Waals surface area contributed by atoms with Gasteiger partial charge in [-0.25, -0.2) is 4.98 Å². The molecule has 0 saturated heterocycles. The maximum absolute atomic E-state index is 11.7. The van der Waals surface area contributed by atoms with Crippen LogP contribution in [0.5, 0.6) is 0 Å². The second-order valence-corrected chi connectivity index (χ2v) is 6.28. The van der Waals surface area contributed by atoms with Crippen LogP contribution < -0.4 is 17.0 Å². The molecule has 1 aliphatic rings. The summed E-state index contributed by atoms with van der Waals surface area (Å²) in [5.41, 5.74) is 12.6. The average Bonchev–Trinajstić information content (AvgIpc) is 3.14. The molecule has 5 N–H and O–H groups in total. The highest BCUT2D eigenvalue weighted by atomic mass is 16.5. The van der Waals surface area contributed by atoms with Crippen molar-refractivity contribution in [1.82, 2.24) is 19.5 Å². The Morgan fingerprint density at radius 2 is 2.33 bits per heavy atom. The van der Waals surface area contributed by atoms with Crippen molar-refractivity contribution in [3.8, 4) is 0 Å². The number of esters is 1. The zero-order valence-corrected chi connectivity index (χ0v) is 13.5. The van der Waals surface area contributed by atoms with E-state index in [1.165, 1.54) is 6.33 Å². The van der Waals surface area contributed by atoms with Gasteiger partial charge in [0.2, 0.25) is 5.95 Å². The highest BCUT2D eigenvalue weighted by Gasteiger charge is 2.32. The minimum Gasteiger partial charge on any atom is -0.464 e. The molecule has 2 atom stereocenters. The lowest BCUT2D eigenvalue weighted by Crippen LogP contribution is -2.37. The number of carbonyl (C=O) groups is 1. The smallest absolute Gasteiger partial charge is 0.323 e. The Morgan fingerprint density at radius 3 is 3.04 bits per heavy atom. The molecule has 1 aliphatic carbocycles. The number of nitrogens with zero attached hydrogens (tertiary/aromatic N) is 3. The van der Waals surface area contributed by atoms with Gasteiger partial charge in [-0.15, -0.1) is 0 Å². The van der Waals surface area contributed by atoms with Gasteiger partial charge >= 0.3 is 5.97 Å². The van der Waals surface area contributed by atoms with Gasteiger partial charge in [0, 0.05) is 12.1 Å². The van der Waals surface area contributed by atoms with Crippen molar-refractivity contribution in [1.29, 1.82) is 0 Å². The number of imidazole rings is 1. The Balaban J connectivity index is 1.67. The third-order valence-corrected chi connectivity index (χ3v) is 4.02. The SMILES string of the molecule is CC(C)C(N)C(=O)OCC1C/C1=C/n1cnc2c(=O)[nH]c(N)nc21. The standard InChI is InChI=1S/C15H20N6O3/c1-7(2)10(16)14(23)24-5-9-3-8(9)4-21-6-18-11-12(21)19-15(17)20-13(11)22/h4,6-7,9-10H,3,5,16H2,1-2H3,(H3,17,19,20,22)/b8-4-. The molecule has 2 aromatic heterocycles. The molecule has 2 unspecified atom stereocenters. The lowest BCUT2D eigenvalue weighted by molar-refractivity contribution is -0.146. The second kappa shape index (κ2) is 6.08. The van der Waals surface area contributed by atoms with Crippen molar-refractivity contribution in [3.63, 3.8) is 0 Å². The van der Waals surface area contributed by atoms with Gasteiger partial charge in [0.15, 0.2) is 11.2 Å². The van der Waals surface area contributed by atoms with E-state index in [-0.39, 0.29) is 34.8 Å². The Hall–Kier alpha value is -2.68. The Bertz CT molecular complexity index is 866. The first-order chi connectivity index (χ1) is 11.4. The summed E-state index contributed by atoms with van der Waals surface area (Å²) in [4.78, 5) is 34.0. The summed E-state index contributed by atoms with van der Waals surface area (Å²) in [7, 11) is 0. The van der Waals surface area contributed by atoms with Crippen molar-refractivity contribution in [3.05, 3.63) is 22.3 Å². The van der Waals surface area contributed by atoms with Crippen molar-refractivity contribution in [2.24, 2.45) is 17.6 Å².